The van der Waals surface area contributed by atoms with Crippen LogP contribution in [0.3, 0.4) is 0 Å². The molecule has 0 unspecified atom stereocenters. The van der Waals surface area contributed by atoms with Crippen molar-refractivity contribution in [3.63, 3.8) is 0 Å². The molecule has 1 aliphatic rings. The summed E-state index contributed by atoms with van der Waals surface area (Å²) in [6, 6.07) is 8.48. The minimum Gasteiger partial charge on any atom is -0.487 e. The number of alkyl halides is 3. The Morgan fingerprint density at radius 2 is 1.93 bits per heavy atom. The highest BCUT2D eigenvalue weighted by Crippen LogP contribution is 2.35. The molecule has 1 N–H and O–H groups in total. The fourth-order valence-electron chi connectivity index (χ4n) is 3.47. The van der Waals surface area contributed by atoms with Crippen molar-refractivity contribution in [2.24, 2.45) is 5.92 Å². The second kappa shape index (κ2) is 9.04. The van der Waals surface area contributed by atoms with Gasteiger partial charge in [0, 0.05) is 32.9 Å². The summed E-state index contributed by atoms with van der Waals surface area (Å²) >= 11 is 0. The Kier molecular flexibility index (Phi) is 6.65. The van der Waals surface area contributed by atoms with Crippen molar-refractivity contribution in [1.29, 1.82) is 0 Å². The predicted octanol–water partition coefficient (Wildman–Crippen LogP) is 3.98. The number of carbonyl (C=O) groups excluding carboxylic acids is 1. The van der Waals surface area contributed by atoms with Crippen LogP contribution in [-0.2, 0) is 24.1 Å². The van der Waals surface area contributed by atoms with Gasteiger partial charge >= 0.3 is 6.18 Å². The maximum absolute atomic E-state index is 13.3. The highest BCUT2D eigenvalue weighted by atomic mass is 19.4. The van der Waals surface area contributed by atoms with Crippen LogP contribution in [0.1, 0.15) is 42.1 Å². The lowest BCUT2D eigenvalue weighted by molar-refractivity contribution is -0.138. The molecule has 5 nitrogen and oxygen atoms in total. The lowest BCUT2D eigenvalue weighted by atomic mass is 9.98. The van der Waals surface area contributed by atoms with E-state index in [0.29, 0.717) is 5.75 Å². The molecule has 1 aromatic carbocycles. The van der Waals surface area contributed by atoms with Gasteiger partial charge in [-0.3, -0.25) is 14.7 Å². The van der Waals surface area contributed by atoms with Gasteiger partial charge in [0.25, 0.3) is 0 Å². The number of carbonyl (C=O) groups is 1. The normalized spacial score (nSPS) is 15.2. The minimum absolute atomic E-state index is 0.0409. The van der Waals surface area contributed by atoms with E-state index in [1.54, 1.807) is 33.0 Å². The number of likely N-dealkylation sites (tertiary alicyclic amines) is 1. The lowest BCUT2D eigenvalue weighted by Gasteiger charge is -2.38. The van der Waals surface area contributed by atoms with Gasteiger partial charge in [-0.15, -0.1) is 0 Å². The minimum atomic E-state index is -4.42. The summed E-state index contributed by atoms with van der Waals surface area (Å²) in [6.45, 7) is 5.59. The highest BCUT2D eigenvalue weighted by molar-refractivity contribution is 5.79. The maximum atomic E-state index is 13.3. The average Bonchev–Trinajstić information content (AvgIpc) is 2.68. The van der Waals surface area contributed by atoms with Gasteiger partial charge in [0.1, 0.15) is 12.4 Å². The number of pyridine rings is 1. The zero-order valence-electron chi connectivity index (χ0n) is 17.3. The Balaban J connectivity index is 1.56. The number of nitrogens with one attached hydrogen (secondary N) is 1. The summed E-state index contributed by atoms with van der Waals surface area (Å²) in [6.07, 6.45) is -3.14. The van der Waals surface area contributed by atoms with Crippen molar-refractivity contribution < 1.29 is 22.7 Å². The molecule has 1 fully saturated rings. The molecular weight excluding hydrogens is 395 g/mol. The standard InChI is InChI=1S/C22H26F3N3O2/c1-14(2)19-9-27-17(8-20(19)22(23,24)25)13-30-18-6-4-15(5-7-18)10-28-11-16(12-28)21(29)26-3/h4-9,14,16H,10-13H2,1-3H3,(H,26,29). The predicted molar refractivity (Wildman–Crippen MR) is 107 cm³/mol. The van der Waals surface area contributed by atoms with Crippen LogP contribution in [0.4, 0.5) is 13.2 Å². The van der Waals surface area contributed by atoms with Gasteiger partial charge in [0.15, 0.2) is 0 Å². The smallest absolute Gasteiger partial charge is 0.416 e. The van der Waals surface area contributed by atoms with Gasteiger partial charge in [0.05, 0.1) is 17.2 Å². The van der Waals surface area contributed by atoms with E-state index in [-0.39, 0.29) is 35.6 Å². The van der Waals surface area contributed by atoms with Crippen molar-refractivity contribution in [3.05, 3.63) is 58.9 Å². The first-order valence-electron chi connectivity index (χ1n) is 9.89. The van der Waals surface area contributed by atoms with E-state index in [1.807, 2.05) is 12.1 Å². The number of benzene rings is 1. The SMILES string of the molecule is CNC(=O)C1CN(Cc2ccc(OCc3cc(C(F)(F)F)c(C(C)C)cn3)cc2)C1. The molecule has 30 heavy (non-hydrogen) atoms. The van der Waals surface area contributed by atoms with Crippen molar-refractivity contribution >= 4 is 5.91 Å². The molecule has 2 heterocycles. The van der Waals surface area contributed by atoms with Crippen molar-refractivity contribution in [2.75, 3.05) is 20.1 Å². The van der Waals surface area contributed by atoms with Crippen molar-refractivity contribution in [2.45, 2.75) is 39.1 Å². The van der Waals surface area contributed by atoms with E-state index >= 15 is 0 Å². The molecule has 0 radical (unpaired) electrons. The zero-order chi connectivity index (χ0) is 21.9. The molecule has 1 aliphatic heterocycles. The van der Waals surface area contributed by atoms with Crippen LogP contribution in [-0.4, -0.2) is 35.9 Å². The molecule has 0 bridgehead atoms. The quantitative estimate of drug-likeness (QED) is 0.735. The van der Waals surface area contributed by atoms with Gasteiger partial charge in [-0.25, -0.2) is 0 Å². The largest absolute Gasteiger partial charge is 0.487 e. The molecule has 3 rings (SSSR count). The van der Waals surface area contributed by atoms with Gasteiger partial charge in [0.2, 0.25) is 5.91 Å². The molecule has 1 saturated heterocycles. The highest BCUT2D eigenvalue weighted by Gasteiger charge is 2.34. The van der Waals surface area contributed by atoms with E-state index < -0.39 is 11.7 Å². The first kappa shape index (κ1) is 22.1. The third-order valence-electron chi connectivity index (χ3n) is 5.21. The Morgan fingerprint density at radius 1 is 1.27 bits per heavy atom. The van der Waals surface area contributed by atoms with E-state index in [0.717, 1.165) is 31.3 Å². The van der Waals surface area contributed by atoms with Crippen LogP contribution in [0.2, 0.25) is 0 Å². The summed E-state index contributed by atoms with van der Waals surface area (Å²) in [5.41, 5.74) is 0.833. The Labute approximate surface area is 174 Å². The fourth-order valence-corrected chi connectivity index (χ4v) is 3.47. The Hall–Kier alpha value is -2.61. The molecule has 0 saturated carbocycles. The molecule has 2 aromatic rings. The summed E-state index contributed by atoms with van der Waals surface area (Å²) < 4.78 is 45.6. The number of nitrogens with zero attached hydrogens (tertiary/aromatic N) is 2. The molecule has 8 heteroatoms. The van der Waals surface area contributed by atoms with E-state index in [9.17, 15) is 18.0 Å². The second-order valence-corrected chi connectivity index (χ2v) is 7.85. The zero-order valence-corrected chi connectivity index (χ0v) is 17.3. The summed E-state index contributed by atoms with van der Waals surface area (Å²) in [4.78, 5) is 17.8. The fraction of sp³-hybridized carbons (Fsp3) is 0.455. The molecule has 1 aromatic heterocycles. The monoisotopic (exact) mass is 421 g/mol. The maximum Gasteiger partial charge on any atom is 0.416 e. The lowest BCUT2D eigenvalue weighted by Crippen LogP contribution is -2.52. The van der Waals surface area contributed by atoms with E-state index in [2.05, 4.69) is 15.2 Å². The third-order valence-corrected chi connectivity index (χ3v) is 5.21. The number of hydrogen-bond acceptors (Lipinski definition) is 4. The van der Waals surface area contributed by atoms with Gasteiger partial charge in [-0.1, -0.05) is 26.0 Å². The number of hydrogen-bond donors (Lipinski definition) is 1. The van der Waals surface area contributed by atoms with Crippen molar-refractivity contribution in [3.8, 4) is 5.75 Å². The third kappa shape index (κ3) is 5.30. The number of ether oxygens (including phenoxy) is 1. The number of amides is 1. The first-order valence-corrected chi connectivity index (χ1v) is 9.89. The van der Waals surface area contributed by atoms with Crippen LogP contribution >= 0.6 is 0 Å². The second-order valence-electron chi connectivity index (χ2n) is 7.85. The number of aromatic nitrogens is 1. The Bertz CT molecular complexity index is 876. The van der Waals surface area contributed by atoms with E-state index in [4.69, 9.17) is 4.74 Å². The summed E-state index contributed by atoms with van der Waals surface area (Å²) in [5, 5.41) is 2.66. The first-order chi connectivity index (χ1) is 14.2. The van der Waals surface area contributed by atoms with Crippen LogP contribution in [0.15, 0.2) is 36.5 Å². The molecule has 162 valence electrons. The van der Waals surface area contributed by atoms with Crippen LogP contribution in [0.25, 0.3) is 0 Å². The molecule has 0 spiro atoms. The van der Waals surface area contributed by atoms with Gasteiger partial charge in [-0.2, -0.15) is 13.2 Å². The Morgan fingerprint density at radius 3 is 2.50 bits per heavy atom. The molecule has 0 aliphatic carbocycles. The average molecular weight is 421 g/mol. The van der Waals surface area contributed by atoms with Gasteiger partial charge < -0.3 is 10.1 Å². The molecule has 0 atom stereocenters. The number of halogens is 3. The van der Waals surface area contributed by atoms with E-state index in [1.165, 1.54) is 6.20 Å². The van der Waals surface area contributed by atoms with Crippen molar-refractivity contribution in [1.82, 2.24) is 15.2 Å². The van der Waals surface area contributed by atoms with Crippen LogP contribution in [0.5, 0.6) is 5.75 Å². The summed E-state index contributed by atoms with van der Waals surface area (Å²) in [7, 11) is 1.64. The number of rotatable bonds is 7. The van der Waals surface area contributed by atoms with Gasteiger partial charge in [-0.05, 0) is 35.2 Å². The molecular formula is C22H26F3N3O2. The topological polar surface area (TPSA) is 54.5 Å². The summed E-state index contributed by atoms with van der Waals surface area (Å²) in [5.74, 6) is 0.413. The van der Waals surface area contributed by atoms with Crippen LogP contribution < -0.4 is 10.1 Å². The molecule has 1 amide bonds. The van der Waals surface area contributed by atoms with Crippen LogP contribution in [0, 0.1) is 5.92 Å².